The predicted molar refractivity (Wildman–Crippen MR) is 38.7 cm³/mol. The third-order valence-electron chi connectivity index (χ3n) is 1.40. The van der Waals surface area contributed by atoms with Gasteiger partial charge >= 0.3 is 0 Å². The summed E-state index contributed by atoms with van der Waals surface area (Å²) >= 11 is 0. The van der Waals surface area contributed by atoms with E-state index in [1.165, 1.54) is 4.59 Å². The lowest BCUT2D eigenvalue weighted by Crippen LogP contribution is -1.91. The number of nitrogens with zero attached hydrogens (tertiary/aromatic N) is 3. The molecule has 0 aliphatic heterocycles. The number of aromatic nitrogens is 3. The van der Waals surface area contributed by atoms with Crippen LogP contribution in [0.5, 0.6) is 0 Å². The molecule has 0 amide bonds. The maximum Gasteiger partial charge on any atom is 0.265 e. The van der Waals surface area contributed by atoms with Crippen LogP contribution in [0.25, 0.3) is 10.9 Å². The van der Waals surface area contributed by atoms with Gasteiger partial charge in [0.2, 0.25) is 0 Å². The van der Waals surface area contributed by atoms with Crippen LogP contribution in [0.1, 0.15) is 0 Å². The van der Waals surface area contributed by atoms with Gasteiger partial charge in [0.05, 0.1) is 17.9 Å². The molecule has 0 spiro atoms. The standard InChI is InChI=1S/C6H4BN3/c7-10-6-4-8-2-1-5(6)3-9-10/h1-4H. The summed E-state index contributed by atoms with van der Waals surface area (Å²) in [5, 5.41) is 4.86. The molecule has 0 atom stereocenters. The molecule has 0 bridgehead atoms. The van der Waals surface area contributed by atoms with E-state index in [2.05, 4.69) is 10.1 Å². The topological polar surface area (TPSA) is 30.7 Å². The van der Waals surface area contributed by atoms with Crippen LogP contribution in [-0.2, 0) is 0 Å². The largest absolute Gasteiger partial charge is 0.322 e. The van der Waals surface area contributed by atoms with Gasteiger partial charge in [0.1, 0.15) is 0 Å². The smallest absolute Gasteiger partial charge is 0.265 e. The van der Waals surface area contributed by atoms with Crippen molar-refractivity contribution < 1.29 is 0 Å². The number of pyridine rings is 1. The fraction of sp³-hybridized carbons (Fsp3) is 0. The zero-order valence-corrected chi connectivity index (χ0v) is 5.23. The monoisotopic (exact) mass is 129 g/mol. The van der Waals surface area contributed by atoms with Gasteiger partial charge in [-0.25, -0.2) is 0 Å². The second-order valence-corrected chi connectivity index (χ2v) is 2.02. The van der Waals surface area contributed by atoms with Crippen molar-refractivity contribution in [3.05, 3.63) is 24.7 Å². The van der Waals surface area contributed by atoms with E-state index >= 15 is 0 Å². The zero-order chi connectivity index (χ0) is 6.97. The summed E-state index contributed by atoms with van der Waals surface area (Å²) in [6.07, 6.45) is 5.10. The number of hydrogen-bond acceptors (Lipinski definition) is 2. The van der Waals surface area contributed by atoms with Gasteiger partial charge in [0.15, 0.2) is 0 Å². The van der Waals surface area contributed by atoms with E-state index < -0.39 is 0 Å². The predicted octanol–water partition coefficient (Wildman–Crippen LogP) is 0.363. The summed E-state index contributed by atoms with van der Waals surface area (Å²) in [5.74, 6) is 0. The second-order valence-electron chi connectivity index (χ2n) is 2.02. The molecule has 3 nitrogen and oxygen atoms in total. The van der Waals surface area contributed by atoms with Gasteiger partial charge in [0, 0.05) is 11.6 Å². The van der Waals surface area contributed by atoms with Crippen molar-refractivity contribution in [2.24, 2.45) is 0 Å². The molecule has 2 heterocycles. The fourth-order valence-corrected chi connectivity index (χ4v) is 0.884. The Bertz CT molecular complexity index is 355. The summed E-state index contributed by atoms with van der Waals surface area (Å²) in [6.45, 7) is 0. The van der Waals surface area contributed by atoms with Crippen LogP contribution in [-0.4, -0.2) is 22.7 Å². The first-order valence-electron chi connectivity index (χ1n) is 2.91. The lowest BCUT2D eigenvalue weighted by Gasteiger charge is -1.89. The Morgan fingerprint density at radius 2 is 2.30 bits per heavy atom. The van der Waals surface area contributed by atoms with Crippen LogP contribution < -0.4 is 0 Å². The fourth-order valence-electron chi connectivity index (χ4n) is 0.884. The molecule has 0 aliphatic carbocycles. The van der Waals surface area contributed by atoms with Crippen LogP contribution >= 0.6 is 0 Å². The maximum atomic E-state index is 5.44. The van der Waals surface area contributed by atoms with Crippen molar-refractivity contribution >= 4 is 18.9 Å². The molecule has 46 valence electrons. The third-order valence-corrected chi connectivity index (χ3v) is 1.40. The van der Waals surface area contributed by atoms with Crippen LogP contribution in [0.15, 0.2) is 24.7 Å². The molecule has 0 aromatic carbocycles. The van der Waals surface area contributed by atoms with Crippen molar-refractivity contribution in [1.82, 2.24) is 14.7 Å². The molecule has 10 heavy (non-hydrogen) atoms. The molecule has 0 unspecified atom stereocenters. The Balaban J connectivity index is 2.93. The van der Waals surface area contributed by atoms with Crippen LogP contribution in [0.4, 0.5) is 0 Å². The summed E-state index contributed by atoms with van der Waals surface area (Å²) in [4.78, 5) is 3.91. The van der Waals surface area contributed by atoms with Gasteiger partial charge in [-0.2, -0.15) is 5.10 Å². The van der Waals surface area contributed by atoms with Gasteiger partial charge in [-0.3, -0.25) is 4.98 Å². The van der Waals surface area contributed by atoms with Crippen molar-refractivity contribution in [3.63, 3.8) is 0 Å². The molecule has 2 aromatic heterocycles. The minimum Gasteiger partial charge on any atom is -0.322 e. The van der Waals surface area contributed by atoms with E-state index in [0.717, 1.165) is 10.9 Å². The Morgan fingerprint density at radius 3 is 3.10 bits per heavy atom. The molecule has 0 fully saturated rings. The Morgan fingerprint density at radius 1 is 1.40 bits per heavy atom. The van der Waals surface area contributed by atoms with E-state index in [1.807, 2.05) is 6.07 Å². The van der Waals surface area contributed by atoms with Crippen LogP contribution in [0, 0.1) is 0 Å². The summed E-state index contributed by atoms with van der Waals surface area (Å²) in [7, 11) is 5.44. The Hall–Kier alpha value is -1.32. The van der Waals surface area contributed by atoms with Crippen LogP contribution in [0.3, 0.4) is 0 Å². The van der Waals surface area contributed by atoms with Crippen molar-refractivity contribution in [2.75, 3.05) is 0 Å². The molecule has 0 aliphatic rings. The van der Waals surface area contributed by atoms with Gasteiger partial charge in [-0.15, -0.1) is 0 Å². The van der Waals surface area contributed by atoms with Crippen molar-refractivity contribution in [2.45, 2.75) is 0 Å². The maximum absolute atomic E-state index is 5.44. The minimum absolute atomic E-state index is 0.850. The van der Waals surface area contributed by atoms with Gasteiger partial charge in [-0.1, -0.05) is 0 Å². The minimum atomic E-state index is 0.850. The molecule has 2 aromatic rings. The number of hydrogen-bond donors (Lipinski definition) is 0. The Labute approximate surface area is 59.1 Å². The van der Waals surface area contributed by atoms with Crippen molar-refractivity contribution in [1.29, 1.82) is 0 Å². The molecule has 2 rings (SSSR count). The first-order valence-corrected chi connectivity index (χ1v) is 2.91. The normalized spacial score (nSPS) is 10.4. The van der Waals surface area contributed by atoms with E-state index in [-0.39, 0.29) is 0 Å². The van der Waals surface area contributed by atoms with Gasteiger partial charge < -0.3 is 4.59 Å². The molecule has 0 saturated heterocycles. The average Bonchev–Trinajstić information content (AvgIpc) is 2.34. The van der Waals surface area contributed by atoms with Crippen molar-refractivity contribution in [3.8, 4) is 0 Å². The van der Waals surface area contributed by atoms with E-state index in [0.29, 0.717) is 0 Å². The van der Waals surface area contributed by atoms with Gasteiger partial charge in [-0.05, 0) is 6.07 Å². The SMILES string of the molecule is [B]n1ncc2ccncc21. The zero-order valence-electron chi connectivity index (χ0n) is 5.23. The highest BCUT2D eigenvalue weighted by Crippen LogP contribution is 2.07. The summed E-state index contributed by atoms with van der Waals surface area (Å²) in [5.41, 5.74) is 0.850. The molecule has 4 heteroatoms. The Kier molecular flexibility index (Phi) is 1.00. The molecule has 0 saturated carbocycles. The summed E-state index contributed by atoms with van der Waals surface area (Å²) < 4.78 is 1.31. The van der Waals surface area contributed by atoms with Gasteiger partial charge in [0.25, 0.3) is 7.98 Å². The first kappa shape index (κ1) is 5.47. The quantitative estimate of drug-likeness (QED) is 0.481. The average molecular weight is 129 g/mol. The van der Waals surface area contributed by atoms with E-state index in [1.54, 1.807) is 18.6 Å². The van der Waals surface area contributed by atoms with E-state index in [9.17, 15) is 0 Å². The highest BCUT2D eigenvalue weighted by atomic mass is 15.2. The van der Waals surface area contributed by atoms with E-state index in [4.69, 9.17) is 7.98 Å². The lowest BCUT2D eigenvalue weighted by atomic mass is 10.3. The van der Waals surface area contributed by atoms with Crippen LogP contribution in [0.2, 0.25) is 0 Å². The highest BCUT2D eigenvalue weighted by molar-refractivity contribution is 6.10. The number of rotatable bonds is 0. The second kappa shape index (κ2) is 1.83. The molecule has 2 radical (unpaired) electrons. The molecular weight excluding hydrogens is 125 g/mol. The molecule has 0 N–H and O–H groups in total. The highest BCUT2D eigenvalue weighted by Gasteiger charge is 1.94. The molecular formula is C6H4BN3. The third kappa shape index (κ3) is 0.619. The first-order chi connectivity index (χ1) is 4.88. The number of fused-ring (bicyclic) bond motifs is 1. The summed E-state index contributed by atoms with van der Waals surface area (Å²) in [6, 6.07) is 1.87. The lowest BCUT2D eigenvalue weighted by molar-refractivity contribution is 1.02.